The summed E-state index contributed by atoms with van der Waals surface area (Å²) in [6, 6.07) is 24.5. The number of hydrogen-bond acceptors (Lipinski definition) is 5. The number of nitriles is 1. The zero-order valence-corrected chi connectivity index (χ0v) is 18.3. The highest BCUT2D eigenvalue weighted by Gasteiger charge is 2.20. The van der Waals surface area contributed by atoms with E-state index in [2.05, 4.69) is 16.4 Å². The second-order valence-corrected chi connectivity index (χ2v) is 7.73. The Balaban J connectivity index is 1.48. The number of rotatable bonds is 7. The van der Waals surface area contributed by atoms with Crippen molar-refractivity contribution in [1.82, 2.24) is 4.98 Å². The number of anilines is 2. The monoisotopic (exact) mass is 436 g/mol. The molecule has 4 aromatic rings. The lowest BCUT2D eigenvalue weighted by molar-refractivity contribution is -0.123. The van der Waals surface area contributed by atoms with Crippen molar-refractivity contribution in [3.05, 3.63) is 84.6 Å². The van der Waals surface area contributed by atoms with Crippen LogP contribution in [0.15, 0.2) is 79.0 Å². The molecule has 1 heterocycles. The van der Waals surface area contributed by atoms with Crippen molar-refractivity contribution in [2.24, 2.45) is 0 Å². The Morgan fingerprint density at radius 3 is 2.67 bits per heavy atom. The molecular weight excluding hydrogens is 412 g/mol. The number of nitrogens with zero attached hydrogens (tertiary/aromatic N) is 2. The van der Waals surface area contributed by atoms with Gasteiger partial charge in [-0.15, -0.1) is 0 Å². The summed E-state index contributed by atoms with van der Waals surface area (Å²) in [4.78, 5) is 17.1. The van der Waals surface area contributed by atoms with Crippen molar-refractivity contribution in [3.63, 3.8) is 0 Å². The number of hydrogen-bond donors (Lipinski definition) is 2. The lowest BCUT2D eigenvalue weighted by Crippen LogP contribution is -2.32. The van der Waals surface area contributed by atoms with Gasteiger partial charge in [0.1, 0.15) is 11.6 Å². The maximum absolute atomic E-state index is 13.0. The number of pyridine rings is 1. The van der Waals surface area contributed by atoms with E-state index in [1.807, 2.05) is 73.7 Å². The molecule has 33 heavy (non-hydrogen) atoms. The number of nitrogens with two attached hydrogens (primary N) is 1. The molecule has 1 atom stereocenters. The number of amides is 1. The van der Waals surface area contributed by atoms with Gasteiger partial charge in [-0.3, -0.25) is 4.79 Å². The minimum atomic E-state index is -0.641. The predicted octanol–water partition coefficient (Wildman–Crippen LogP) is 5.54. The van der Waals surface area contributed by atoms with E-state index in [4.69, 9.17) is 15.7 Å². The lowest BCUT2D eigenvalue weighted by Gasteiger charge is -2.19. The third-order valence-corrected chi connectivity index (χ3v) is 5.37. The number of carbonyl (C=O) groups is 1. The van der Waals surface area contributed by atoms with Crippen molar-refractivity contribution in [1.29, 1.82) is 5.26 Å². The van der Waals surface area contributed by atoms with Gasteiger partial charge in [0, 0.05) is 17.3 Å². The van der Waals surface area contributed by atoms with Gasteiger partial charge in [0.05, 0.1) is 11.6 Å². The van der Waals surface area contributed by atoms with E-state index < -0.39 is 6.10 Å². The number of aromatic nitrogens is 1. The van der Waals surface area contributed by atoms with Gasteiger partial charge in [0.25, 0.3) is 5.91 Å². The molecule has 1 unspecified atom stereocenters. The molecule has 0 saturated carbocycles. The number of benzene rings is 3. The van der Waals surface area contributed by atoms with Gasteiger partial charge in [0.2, 0.25) is 0 Å². The number of fused-ring (bicyclic) bond motifs is 1. The summed E-state index contributed by atoms with van der Waals surface area (Å²) >= 11 is 0. The molecule has 0 aliphatic heterocycles. The van der Waals surface area contributed by atoms with Crippen LogP contribution in [0.1, 0.15) is 25.3 Å². The minimum Gasteiger partial charge on any atom is -0.481 e. The molecule has 6 nitrogen and oxygen atoms in total. The van der Waals surface area contributed by atoms with Crippen molar-refractivity contribution >= 4 is 28.2 Å². The van der Waals surface area contributed by atoms with Crippen LogP contribution >= 0.6 is 0 Å². The van der Waals surface area contributed by atoms with Crippen LogP contribution in [0.5, 0.6) is 5.75 Å². The maximum atomic E-state index is 13.0. The fourth-order valence-corrected chi connectivity index (χ4v) is 3.65. The molecular formula is C27H24N4O2. The highest BCUT2D eigenvalue weighted by atomic mass is 16.5. The van der Waals surface area contributed by atoms with E-state index in [-0.39, 0.29) is 5.91 Å². The molecule has 0 aliphatic rings. The standard InChI is InChI=1S/C27H24N4O2/c1-2-4-25(33-23-12-9-20-13-14-30-26(29)24(20)16-23)27(32)31-22-10-7-19(8-11-22)21-6-3-5-18(15-21)17-28/h3,5-16,25H,2,4H2,1H3,(H2,29,30)(H,31,32). The normalized spacial score (nSPS) is 11.5. The molecule has 6 heteroatoms. The molecule has 0 saturated heterocycles. The largest absolute Gasteiger partial charge is 0.481 e. The summed E-state index contributed by atoms with van der Waals surface area (Å²) in [6.07, 6.45) is 2.39. The summed E-state index contributed by atoms with van der Waals surface area (Å²) in [6.45, 7) is 2.01. The second kappa shape index (κ2) is 9.84. The van der Waals surface area contributed by atoms with E-state index in [9.17, 15) is 4.79 Å². The van der Waals surface area contributed by atoms with Crippen LogP contribution in [0.25, 0.3) is 21.9 Å². The van der Waals surface area contributed by atoms with E-state index in [1.165, 1.54) is 0 Å². The maximum Gasteiger partial charge on any atom is 0.265 e. The highest BCUT2D eigenvalue weighted by Crippen LogP contribution is 2.26. The Morgan fingerprint density at radius 1 is 1.09 bits per heavy atom. The van der Waals surface area contributed by atoms with E-state index >= 15 is 0 Å². The van der Waals surface area contributed by atoms with Gasteiger partial charge in [-0.1, -0.05) is 43.7 Å². The van der Waals surface area contributed by atoms with Crippen LogP contribution in [0, 0.1) is 11.3 Å². The first-order valence-corrected chi connectivity index (χ1v) is 10.8. The quantitative estimate of drug-likeness (QED) is 0.396. The topological polar surface area (TPSA) is 101 Å². The first-order chi connectivity index (χ1) is 16.1. The molecule has 0 bridgehead atoms. The number of ether oxygens (including phenoxy) is 1. The van der Waals surface area contributed by atoms with Crippen LogP contribution in [-0.4, -0.2) is 17.0 Å². The molecule has 3 aromatic carbocycles. The van der Waals surface area contributed by atoms with Gasteiger partial charge < -0.3 is 15.8 Å². The van der Waals surface area contributed by atoms with E-state index in [0.29, 0.717) is 29.2 Å². The van der Waals surface area contributed by atoms with Gasteiger partial charge in [0.15, 0.2) is 6.10 Å². The molecule has 1 amide bonds. The Labute approximate surface area is 192 Å². The fraction of sp³-hybridized carbons (Fsp3) is 0.148. The van der Waals surface area contributed by atoms with Gasteiger partial charge >= 0.3 is 0 Å². The number of nitrogen functional groups attached to an aromatic ring is 1. The summed E-state index contributed by atoms with van der Waals surface area (Å²) in [5.41, 5.74) is 9.18. The van der Waals surface area contributed by atoms with Crippen LogP contribution in [0.2, 0.25) is 0 Å². The number of nitrogens with one attached hydrogen (secondary N) is 1. The average Bonchev–Trinajstić information content (AvgIpc) is 2.85. The SMILES string of the molecule is CCCC(Oc1ccc2ccnc(N)c2c1)C(=O)Nc1ccc(-c2cccc(C#N)c2)cc1. The predicted molar refractivity (Wildman–Crippen MR) is 131 cm³/mol. The molecule has 4 rings (SSSR count). The van der Waals surface area contributed by atoms with Crippen LogP contribution in [-0.2, 0) is 4.79 Å². The Morgan fingerprint density at radius 2 is 1.91 bits per heavy atom. The van der Waals surface area contributed by atoms with Crippen molar-refractivity contribution in [3.8, 4) is 22.9 Å². The zero-order valence-electron chi connectivity index (χ0n) is 18.3. The Hall–Kier alpha value is -4.37. The summed E-state index contributed by atoms with van der Waals surface area (Å²) in [5, 5.41) is 13.8. The fourth-order valence-electron chi connectivity index (χ4n) is 3.65. The number of carbonyl (C=O) groups excluding carboxylic acids is 1. The van der Waals surface area contributed by atoms with Crippen LogP contribution < -0.4 is 15.8 Å². The third-order valence-electron chi connectivity index (χ3n) is 5.37. The van der Waals surface area contributed by atoms with Crippen LogP contribution in [0.3, 0.4) is 0 Å². The second-order valence-electron chi connectivity index (χ2n) is 7.73. The van der Waals surface area contributed by atoms with Crippen LogP contribution in [0.4, 0.5) is 11.5 Å². The third kappa shape index (κ3) is 5.10. The minimum absolute atomic E-state index is 0.213. The Bertz CT molecular complexity index is 1330. The molecule has 0 spiro atoms. The van der Waals surface area contributed by atoms with Crippen molar-refractivity contribution < 1.29 is 9.53 Å². The molecule has 164 valence electrons. The van der Waals surface area contributed by atoms with Crippen molar-refractivity contribution in [2.45, 2.75) is 25.9 Å². The molecule has 3 N–H and O–H groups in total. The van der Waals surface area contributed by atoms with E-state index in [0.717, 1.165) is 28.3 Å². The lowest BCUT2D eigenvalue weighted by atomic mass is 10.0. The van der Waals surface area contributed by atoms with Gasteiger partial charge in [-0.25, -0.2) is 4.98 Å². The summed E-state index contributed by atoms with van der Waals surface area (Å²) < 4.78 is 6.04. The van der Waals surface area contributed by atoms with Gasteiger partial charge in [-0.2, -0.15) is 5.26 Å². The smallest absolute Gasteiger partial charge is 0.265 e. The van der Waals surface area contributed by atoms with Gasteiger partial charge in [-0.05, 0) is 65.4 Å². The average molecular weight is 437 g/mol. The first kappa shape index (κ1) is 21.8. The zero-order chi connectivity index (χ0) is 23.2. The highest BCUT2D eigenvalue weighted by molar-refractivity contribution is 5.95. The molecule has 1 aromatic heterocycles. The summed E-state index contributed by atoms with van der Waals surface area (Å²) in [7, 11) is 0. The molecule has 0 radical (unpaired) electrons. The molecule has 0 aliphatic carbocycles. The van der Waals surface area contributed by atoms with E-state index in [1.54, 1.807) is 12.3 Å². The molecule has 0 fully saturated rings. The van der Waals surface area contributed by atoms with Crippen molar-refractivity contribution in [2.75, 3.05) is 11.1 Å². The summed E-state index contributed by atoms with van der Waals surface area (Å²) in [5.74, 6) is 0.786. The first-order valence-electron chi connectivity index (χ1n) is 10.8. The Kier molecular flexibility index (Phi) is 6.51.